The molecule has 3 heterocycles. The van der Waals surface area contributed by atoms with Crippen molar-refractivity contribution in [3.63, 3.8) is 0 Å². The van der Waals surface area contributed by atoms with Crippen molar-refractivity contribution in [3.8, 4) is 17.1 Å². The molecule has 0 saturated heterocycles. The molecule has 0 atom stereocenters. The zero-order valence-electron chi connectivity index (χ0n) is 17.1. The van der Waals surface area contributed by atoms with Gasteiger partial charge in [0.05, 0.1) is 40.3 Å². The van der Waals surface area contributed by atoms with Gasteiger partial charge in [-0.1, -0.05) is 29.5 Å². The van der Waals surface area contributed by atoms with E-state index in [0.717, 1.165) is 22.6 Å². The third-order valence-corrected chi connectivity index (χ3v) is 5.48. The molecule has 4 aromatic rings. The molecule has 0 radical (unpaired) electrons. The minimum Gasteiger partial charge on any atom is -0.469 e. The van der Waals surface area contributed by atoms with E-state index >= 15 is 0 Å². The van der Waals surface area contributed by atoms with E-state index in [1.54, 1.807) is 12.3 Å². The number of amides is 1. The Hall–Kier alpha value is -3.33. The van der Waals surface area contributed by atoms with Crippen LogP contribution in [0.5, 0.6) is 0 Å². The molecule has 30 heavy (non-hydrogen) atoms. The van der Waals surface area contributed by atoms with Crippen molar-refractivity contribution in [2.24, 2.45) is 0 Å². The van der Waals surface area contributed by atoms with E-state index in [2.05, 4.69) is 20.6 Å². The summed E-state index contributed by atoms with van der Waals surface area (Å²) < 4.78 is 12.7. The van der Waals surface area contributed by atoms with Crippen molar-refractivity contribution in [3.05, 3.63) is 59.3 Å². The molecule has 0 unspecified atom stereocenters. The van der Waals surface area contributed by atoms with Gasteiger partial charge in [0, 0.05) is 0 Å². The van der Waals surface area contributed by atoms with Crippen molar-refractivity contribution < 1.29 is 13.6 Å². The molecule has 0 bridgehead atoms. The second-order valence-corrected chi connectivity index (χ2v) is 7.82. The molecule has 154 valence electrons. The Balaban J connectivity index is 1.42. The maximum Gasteiger partial charge on any atom is 0.277 e. The van der Waals surface area contributed by atoms with Crippen LogP contribution < -0.4 is 5.32 Å². The molecule has 1 aromatic carbocycles. The Labute approximate surface area is 177 Å². The average molecular weight is 423 g/mol. The highest BCUT2D eigenvalue weighted by molar-refractivity contribution is 7.99. The number of anilines is 1. The summed E-state index contributed by atoms with van der Waals surface area (Å²) in [6.45, 7) is 7.66. The predicted octanol–water partition coefficient (Wildman–Crippen LogP) is 4.48. The van der Waals surface area contributed by atoms with Gasteiger partial charge in [-0.2, -0.15) is 5.10 Å². The van der Waals surface area contributed by atoms with Crippen LogP contribution in [-0.2, 0) is 4.79 Å². The Bertz CT molecular complexity index is 1190. The van der Waals surface area contributed by atoms with E-state index in [1.807, 2.05) is 56.6 Å². The number of nitrogens with zero attached hydrogens (tertiary/aromatic N) is 4. The topological polar surface area (TPSA) is 99.0 Å². The van der Waals surface area contributed by atoms with Gasteiger partial charge in [0.2, 0.25) is 5.91 Å². The fraction of sp³-hybridized carbons (Fsp3) is 0.238. The standard InChI is InChI=1S/C21H21N5O3S/c1-12-5-7-16(8-6-12)26-14(3)19(13(2)25-26)22-18(27)11-30-21-24-23-20(29-21)17-9-10-28-15(17)4/h5-10H,11H2,1-4H3,(H,22,27). The maximum atomic E-state index is 12.5. The zero-order chi connectivity index (χ0) is 21.3. The Morgan fingerprint density at radius 1 is 1.10 bits per heavy atom. The van der Waals surface area contributed by atoms with Gasteiger partial charge in [-0.25, -0.2) is 4.68 Å². The third-order valence-electron chi connectivity index (χ3n) is 4.66. The number of aromatic nitrogens is 4. The van der Waals surface area contributed by atoms with Crippen LogP contribution in [0.15, 0.2) is 50.7 Å². The van der Waals surface area contributed by atoms with Crippen LogP contribution in [-0.4, -0.2) is 31.6 Å². The summed E-state index contributed by atoms with van der Waals surface area (Å²) in [6.07, 6.45) is 1.57. The molecule has 0 aliphatic rings. The number of nitrogens with one attached hydrogen (secondary N) is 1. The number of aryl methyl sites for hydroxylation is 3. The summed E-state index contributed by atoms with van der Waals surface area (Å²) in [6, 6.07) is 9.84. The number of furan rings is 1. The van der Waals surface area contributed by atoms with Gasteiger partial charge in [0.15, 0.2) is 0 Å². The predicted molar refractivity (Wildman–Crippen MR) is 114 cm³/mol. The number of carbonyl (C=O) groups excluding carboxylic acids is 1. The van der Waals surface area contributed by atoms with Crippen molar-refractivity contribution in [2.75, 3.05) is 11.1 Å². The van der Waals surface area contributed by atoms with Gasteiger partial charge in [0.25, 0.3) is 11.1 Å². The van der Waals surface area contributed by atoms with Crippen molar-refractivity contribution in [1.29, 1.82) is 0 Å². The van der Waals surface area contributed by atoms with Crippen molar-refractivity contribution in [1.82, 2.24) is 20.0 Å². The number of hydrogen-bond donors (Lipinski definition) is 1. The van der Waals surface area contributed by atoms with Gasteiger partial charge < -0.3 is 14.2 Å². The summed E-state index contributed by atoms with van der Waals surface area (Å²) in [5.41, 5.74) is 5.20. The molecular formula is C21H21N5O3S. The lowest BCUT2D eigenvalue weighted by Crippen LogP contribution is -2.15. The first kappa shape index (κ1) is 20.0. The van der Waals surface area contributed by atoms with Crippen LogP contribution in [0.25, 0.3) is 17.1 Å². The Morgan fingerprint density at radius 2 is 1.87 bits per heavy atom. The quantitative estimate of drug-likeness (QED) is 0.457. The highest BCUT2D eigenvalue weighted by Gasteiger charge is 2.17. The molecule has 0 saturated carbocycles. The van der Waals surface area contributed by atoms with Crippen LogP contribution in [0.3, 0.4) is 0 Å². The number of carbonyl (C=O) groups is 1. The van der Waals surface area contributed by atoms with Crippen molar-refractivity contribution >= 4 is 23.4 Å². The second-order valence-electron chi connectivity index (χ2n) is 6.89. The van der Waals surface area contributed by atoms with E-state index in [-0.39, 0.29) is 11.7 Å². The molecule has 1 amide bonds. The molecule has 0 aliphatic carbocycles. The summed E-state index contributed by atoms with van der Waals surface area (Å²) in [4.78, 5) is 12.5. The minimum atomic E-state index is -0.172. The monoisotopic (exact) mass is 423 g/mol. The molecular weight excluding hydrogens is 402 g/mol. The largest absolute Gasteiger partial charge is 0.469 e. The summed E-state index contributed by atoms with van der Waals surface area (Å²) in [5.74, 6) is 1.04. The fourth-order valence-electron chi connectivity index (χ4n) is 3.05. The highest BCUT2D eigenvalue weighted by atomic mass is 32.2. The first-order chi connectivity index (χ1) is 14.4. The lowest BCUT2D eigenvalue weighted by molar-refractivity contribution is -0.113. The lowest BCUT2D eigenvalue weighted by Gasteiger charge is -2.07. The Morgan fingerprint density at radius 3 is 2.57 bits per heavy atom. The van der Waals surface area contributed by atoms with Crippen LogP contribution in [0.1, 0.15) is 22.7 Å². The molecule has 1 N–H and O–H groups in total. The van der Waals surface area contributed by atoms with Crippen molar-refractivity contribution in [2.45, 2.75) is 32.9 Å². The van der Waals surface area contributed by atoms with Crippen LogP contribution in [0.4, 0.5) is 5.69 Å². The molecule has 0 spiro atoms. The number of benzene rings is 1. The van der Waals surface area contributed by atoms with E-state index in [4.69, 9.17) is 8.83 Å². The van der Waals surface area contributed by atoms with Gasteiger partial charge in [-0.05, 0) is 45.9 Å². The minimum absolute atomic E-state index is 0.139. The van der Waals surface area contributed by atoms with E-state index < -0.39 is 0 Å². The van der Waals surface area contributed by atoms with Crippen LogP contribution in [0.2, 0.25) is 0 Å². The molecule has 0 fully saturated rings. The molecule has 8 nitrogen and oxygen atoms in total. The molecule has 4 rings (SSSR count). The third kappa shape index (κ3) is 4.02. The SMILES string of the molecule is Cc1ccc(-n2nc(C)c(NC(=O)CSc3nnc(-c4ccoc4C)o3)c2C)cc1. The van der Waals surface area contributed by atoms with Gasteiger partial charge in [-0.3, -0.25) is 4.79 Å². The number of rotatable bonds is 6. The van der Waals surface area contributed by atoms with E-state index in [9.17, 15) is 4.79 Å². The summed E-state index contributed by atoms with van der Waals surface area (Å²) >= 11 is 1.18. The smallest absolute Gasteiger partial charge is 0.277 e. The van der Waals surface area contributed by atoms with Crippen LogP contribution in [0, 0.1) is 27.7 Å². The second kappa shape index (κ2) is 8.19. The first-order valence-electron chi connectivity index (χ1n) is 9.36. The molecule has 9 heteroatoms. The van der Waals surface area contributed by atoms with E-state index in [0.29, 0.717) is 22.6 Å². The highest BCUT2D eigenvalue weighted by Crippen LogP contribution is 2.27. The number of hydrogen-bond acceptors (Lipinski definition) is 7. The first-order valence-corrected chi connectivity index (χ1v) is 10.3. The van der Waals surface area contributed by atoms with Gasteiger partial charge >= 0.3 is 0 Å². The fourth-order valence-corrected chi connectivity index (χ4v) is 3.61. The summed E-state index contributed by atoms with van der Waals surface area (Å²) in [7, 11) is 0. The molecule has 3 aromatic heterocycles. The Kier molecular flexibility index (Phi) is 5.45. The van der Waals surface area contributed by atoms with Gasteiger partial charge in [0.1, 0.15) is 5.76 Å². The normalized spacial score (nSPS) is 11.1. The average Bonchev–Trinajstić information content (AvgIpc) is 3.43. The van der Waals surface area contributed by atoms with Gasteiger partial charge in [-0.15, -0.1) is 10.2 Å². The molecule has 0 aliphatic heterocycles. The lowest BCUT2D eigenvalue weighted by atomic mass is 10.2. The maximum absolute atomic E-state index is 12.5. The zero-order valence-corrected chi connectivity index (χ0v) is 17.9. The number of thioether (sulfide) groups is 1. The van der Waals surface area contributed by atoms with E-state index in [1.165, 1.54) is 17.3 Å². The summed E-state index contributed by atoms with van der Waals surface area (Å²) in [5, 5.41) is 15.8. The van der Waals surface area contributed by atoms with Crippen LogP contribution >= 0.6 is 11.8 Å².